The summed E-state index contributed by atoms with van der Waals surface area (Å²) in [6.45, 7) is 0.887. The number of anilines is 1. The van der Waals surface area contributed by atoms with Gasteiger partial charge in [-0.15, -0.1) is 11.8 Å². The van der Waals surface area contributed by atoms with Crippen LogP contribution in [0.25, 0.3) is 0 Å². The fourth-order valence-electron chi connectivity index (χ4n) is 2.33. The van der Waals surface area contributed by atoms with Crippen LogP contribution < -0.4 is 5.32 Å². The van der Waals surface area contributed by atoms with Crippen molar-refractivity contribution in [2.45, 2.75) is 16.6 Å². The molecule has 1 heterocycles. The number of nitrogens with zero attached hydrogens (tertiary/aromatic N) is 1. The van der Waals surface area contributed by atoms with Crippen LogP contribution in [0.3, 0.4) is 0 Å². The zero-order valence-electron chi connectivity index (χ0n) is 10.5. The van der Waals surface area contributed by atoms with E-state index in [2.05, 4.69) is 35.7 Å². The summed E-state index contributed by atoms with van der Waals surface area (Å²) in [6, 6.07) is 18.5. The van der Waals surface area contributed by atoms with Gasteiger partial charge in [0.1, 0.15) is 6.07 Å². The Balaban J connectivity index is 1.65. The first-order valence-corrected chi connectivity index (χ1v) is 7.22. The third-order valence-electron chi connectivity index (χ3n) is 3.28. The summed E-state index contributed by atoms with van der Waals surface area (Å²) in [7, 11) is 0. The predicted molar refractivity (Wildman–Crippen MR) is 79.4 cm³/mol. The Kier molecular flexibility index (Phi) is 3.43. The molecule has 0 saturated heterocycles. The Morgan fingerprint density at radius 3 is 2.79 bits per heavy atom. The highest BCUT2D eigenvalue weighted by Gasteiger charge is 2.21. The molecule has 0 spiro atoms. The molecule has 2 aromatic carbocycles. The highest BCUT2D eigenvalue weighted by molar-refractivity contribution is 8.00. The third kappa shape index (κ3) is 2.59. The summed E-state index contributed by atoms with van der Waals surface area (Å²) in [5, 5.41) is 13.0. The first-order valence-electron chi connectivity index (χ1n) is 6.34. The van der Waals surface area contributed by atoms with Crippen molar-refractivity contribution in [3.8, 4) is 6.07 Å². The lowest BCUT2D eigenvalue weighted by atomic mass is 10.1. The van der Waals surface area contributed by atoms with Crippen LogP contribution in [0.4, 0.5) is 5.69 Å². The summed E-state index contributed by atoms with van der Waals surface area (Å²) in [5.74, 6) is 0. The van der Waals surface area contributed by atoms with Crippen molar-refractivity contribution in [3.63, 3.8) is 0 Å². The van der Waals surface area contributed by atoms with Gasteiger partial charge in [-0.25, -0.2) is 0 Å². The van der Waals surface area contributed by atoms with E-state index in [4.69, 9.17) is 5.26 Å². The highest BCUT2D eigenvalue weighted by Crippen LogP contribution is 2.36. The zero-order valence-corrected chi connectivity index (χ0v) is 11.3. The second-order valence-corrected chi connectivity index (χ2v) is 5.93. The number of hydrogen-bond acceptors (Lipinski definition) is 3. The van der Waals surface area contributed by atoms with Gasteiger partial charge in [0.05, 0.1) is 11.3 Å². The summed E-state index contributed by atoms with van der Waals surface area (Å²) in [6.07, 6.45) is 1.10. The van der Waals surface area contributed by atoms with E-state index in [9.17, 15) is 0 Å². The van der Waals surface area contributed by atoms with Crippen LogP contribution in [0.1, 0.15) is 11.1 Å². The Bertz CT molecular complexity index is 606. The molecule has 2 nitrogen and oxygen atoms in total. The minimum atomic E-state index is 0.546. The Morgan fingerprint density at radius 1 is 1.16 bits per heavy atom. The van der Waals surface area contributed by atoms with Crippen LogP contribution in [-0.4, -0.2) is 11.8 Å². The van der Waals surface area contributed by atoms with Gasteiger partial charge in [-0.1, -0.05) is 30.3 Å². The molecule has 94 valence electrons. The van der Waals surface area contributed by atoms with E-state index in [0.717, 1.165) is 18.7 Å². The number of para-hydroxylation sites is 1. The van der Waals surface area contributed by atoms with Gasteiger partial charge in [-0.3, -0.25) is 0 Å². The van der Waals surface area contributed by atoms with Crippen LogP contribution in [0.2, 0.25) is 0 Å². The number of thioether (sulfide) groups is 1. The topological polar surface area (TPSA) is 35.8 Å². The maximum Gasteiger partial charge on any atom is 0.101 e. The molecule has 0 aromatic heterocycles. The van der Waals surface area contributed by atoms with Gasteiger partial charge in [-0.2, -0.15) is 5.26 Å². The molecule has 1 N–H and O–H groups in total. The van der Waals surface area contributed by atoms with E-state index in [1.54, 1.807) is 0 Å². The van der Waals surface area contributed by atoms with Crippen LogP contribution in [0.15, 0.2) is 53.4 Å². The van der Waals surface area contributed by atoms with Crippen LogP contribution >= 0.6 is 11.8 Å². The van der Waals surface area contributed by atoms with Gasteiger partial charge in [0, 0.05) is 16.7 Å². The molecule has 0 bridgehead atoms. The van der Waals surface area contributed by atoms with Crippen molar-refractivity contribution in [3.05, 3.63) is 59.7 Å². The molecular formula is C16H14N2S. The lowest BCUT2D eigenvalue weighted by molar-refractivity contribution is 0.899. The van der Waals surface area contributed by atoms with E-state index in [-0.39, 0.29) is 0 Å². The number of fused-ring (bicyclic) bond motifs is 1. The molecule has 2 aromatic rings. The smallest absolute Gasteiger partial charge is 0.101 e. The first-order chi connectivity index (χ1) is 9.36. The molecule has 19 heavy (non-hydrogen) atoms. The molecule has 1 aliphatic rings. The largest absolute Gasteiger partial charge is 0.383 e. The molecule has 0 saturated carbocycles. The Labute approximate surface area is 117 Å². The van der Waals surface area contributed by atoms with Gasteiger partial charge < -0.3 is 5.32 Å². The van der Waals surface area contributed by atoms with Crippen LogP contribution in [0.5, 0.6) is 0 Å². The molecule has 0 radical (unpaired) electrons. The van der Waals surface area contributed by atoms with Gasteiger partial charge in [0.2, 0.25) is 0 Å². The maximum atomic E-state index is 9.06. The van der Waals surface area contributed by atoms with E-state index in [1.807, 2.05) is 36.0 Å². The minimum absolute atomic E-state index is 0.546. The highest BCUT2D eigenvalue weighted by atomic mass is 32.2. The van der Waals surface area contributed by atoms with Crippen LogP contribution in [0, 0.1) is 11.3 Å². The Hall–Kier alpha value is -1.92. The molecule has 0 fully saturated rings. The van der Waals surface area contributed by atoms with Gasteiger partial charge >= 0.3 is 0 Å². The number of nitriles is 1. The van der Waals surface area contributed by atoms with Crippen molar-refractivity contribution >= 4 is 17.4 Å². The summed E-state index contributed by atoms with van der Waals surface area (Å²) in [4.78, 5) is 1.39. The molecule has 3 heteroatoms. The van der Waals surface area contributed by atoms with Crippen molar-refractivity contribution < 1.29 is 0 Å². The van der Waals surface area contributed by atoms with E-state index < -0.39 is 0 Å². The van der Waals surface area contributed by atoms with E-state index in [1.165, 1.54) is 10.5 Å². The van der Waals surface area contributed by atoms with Gasteiger partial charge in [0.25, 0.3) is 0 Å². The predicted octanol–water partition coefficient (Wildman–Crippen LogP) is 3.69. The van der Waals surface area contributed by atoms with Gasteiger partial charge in [0.15, 0.2) is 0 Å². The van der Waals surface area contributed by atoms with Crippen LogP contribution in [-0.2, 0) is 6.42 Å². The normalized spacial score (nSPS) is 16.7. The average Bonchev–Trinajstić information content (AvgIpc) is 2.88. The second-order valence-electron chi connectivity index (χ2n) is 4.59. The standard InChI is InChI=1S/C16H14N2S/c17-10-13-6-1-3-7-15(13)18-11-14-9-12-5-2-4-8-16(12)19-14/h1-8,14,18H,9,11H2. The Morgan fingerprint density at radius 2 is 1.95 bits per heavy atom. The van der Waals surface area contributed by atoms with Crippen molar-refractivity contribution in [1.29, 1.82) is 5.26 Å². The lowest BCUT2D eigenvalue weighted by Gasteiger charge is -2.12. The fraction of sp³-hybridized carbons (Fsp3) is 0.188. The number of rotatable bonds is 3. The molecule has 1 atom stereocenters. The number of nitrogens with one attached hydrogen (secondary N) is 1. The van der Waals surface area contributed by atoms with E-state index in [0.29, 0.717) is 10.8 Å². The number of benzene rings is 2. The summed E-state index contributed by atoms with van der Waals surface area (Å²) in [5.41, 5.74) is 3.08. The monoisotopic (exact) mass is 266 g/mol. The summed E-state index contributed by atoms with van der Waals surface area (Å²) >= 11 is 1.92. The van der Waals surface area contributed by atoms with Crippen molar-refractivity contribution in [2.75, 3.05) is 11.9 Å². The average molecular weight is 266 g/mol. The summed E-state index contributed by atoms with van der Waals surface area (Å²) < 4.78 is 0. The van der Waals surface area contributed by atoms with Crippen molar-refractivity contribution in [1.82, 2.24) is 0 Å². The minimum Gasteiger partial charge on any atom is -0.383 e. The maximum absolute atomic E-state index is 9.06. The second kappa shape index (κ2) is 5.38. The molecule has 0 amide bonds. The van der Waals surface area contributed by atoms with Gasteiger partial charge in [-0.05, 0) is 30.2 Å². The molecule has 3 rings (SSSR count). The SMILES string of the molecule is N#Cc1ccccc1NCC1Cc2ccccc2S1. The molecule has 1 unspecified atom stereocenters. The zero-order chi connectivity index (χ0) is 13.1. The van der Waals surface area contributed by atoms with Crippen molar-refractivity contribution in [2.24, 2.45) is 0 Å². The first kappa shape index (κ1) is 12.1. The molecule has 0 aliphatic carbocycles. The number of hydrogen-bond donors (Lipinski definition) is 1. The quantitative estimate of drug-likeness (QED) is 0.920. The lowest BCUT2D eigenvalue weighted by Crippen LogP contribution is -2.16. The molecular weight excluding hydrogens is 252 g/mol. The van der Waals surface area contributed by atoms with E-state index >= 15 is 0 Å². The molecule has 1 aliphatic heterocycles. The third-order valence-corrected chi connectivity index (χ3v) is 4.60. The fourth-order valence-corrected chi connectivity index (χ4v) is 3.57.